The Kier molecular flexibility index (Phi) is 4.61. The Hall–Kier alpha value is -1.33. The first kappa shape index (κ1) is 14.1. The molecule has 0 aliphatic rings. The van der Waals surface area contributed by atoms with Crippen LogP contribution in [-0.4, -0.2) is 20.0 Å². The van der Waals surface area contributed by atoms with Gasteiger partial charge in [0.2, 0.25) is 0 Å². The summed E-state index contributed by atoms with van der Waals surface area (Å²) in [5, 5.41) is 0. The zero-order valence-electron chi connectivity index (χ0n) is 10.6. The van der Waals surface area contributed by atoms with Crippen LogP contribution < -0.4 is 9.47 Å². The summed E-state index contributed by atoms with van der Waals surface area (Å²) in [6.45, 7) is 0. The van der Waals surface area contributed by atoms with Gasteiger partial charge in [-0.1, -0.05) is 0 Å². The summed E-state index contributed by atoms with van der Waals surface area (Å²) in [4.78, 5) is 13.3. The standard InChI is InChI=1S/C14H13BrO3S/c1-17-9-3-5-13(18-2)11(7-9)12(16)8-10-4-6-14(15)19-10/h3-7H,8H2,1-2H3. The van der Waals surface area contributed by atoms with Gasteiger partial charge in [0.15, 0.2) is 5.78 Å². The molecule has 0 atom stereocenters. The van der Waals surface area contributed by atoms with E-state index in [-0.39, 0.29) is 5.78 Å². The maximum atomic E-state index is 12.3. The van der Waals surface area contributed by atoms with E-state index < -0.39 is 0 Å². The lowest BCUT2D eigenvalue weighted by molar-refractivity contribution is 0.0990. The third-order valence-corrected chi connectivity index (χ3v) is 4.29. The van der Waals surface area contributed by atoms with E-state index in [1.165, 1.54) is 0 Å². The SMILES string of the molecule is COc1ccc(OC)c(C(=O)Cc2ccc(Br)s2)c1. The van der Waals surface area contributed by atoms with Crippen molar-refractivity contribution in [2.75, 3.05) is 14.2 Å². The van der Waals surface area contributed by atoms with Gasteiger partial charge in [-0.05, 0) is 46.3 Å². The van der Waals surface area contributed by atoms with Crippen LogP contribution >= 0.6 is 27.3 Å². The fourth-order valence-electron chi connectivity index (χ4n) is 1.73. The lowest BCUT2D eigenvalue weighted by Crippen LogP contribution is -2.05. The lowest BCUT2D eigenvalue weighted by Gasteiger charge is -2.09. The average Bonchev–Trinajstić information content (AvgIpc) is 2.83. The number of hydrogen-bond donors (Lipinski definition) is 0. The fraction of sp³-hybridized carbons (Fsp3) is 0.214. The minimum atomic E-state index is 0.0186. The van der Waals surface area contributed by atoms with E-state index in [1.54, 1.807) is 43.8 Å². The summed E-state index contributed by atoms with van der Waals surface area (Å²) < 4.78 is 11.4. The van der Waals surface area contributed by atoms with Gasteiger partial charge in [-0.25, -0.2) is 0 Å². The number of carbonyl (C=O) groups is 1. The normalized spacial score (nSPS) is 10.3. The predicted octanol–water partition coefficient (Wildman–Crippen LogP) is 3.95. The van der Waals surface area contributed by atoms with Crippen LogP contribution in [0.5, 0.6) is 11.5 Å². The summed E-state index contributed by atoms with van der Waals surface area (Å²) in [5.74, 6) is 1.24. The zero-order valence-corrected chi connectivity index (χ0v) is 13.0. The van der Waals surface area contributed by atoms with Crippen LogP contribution in [0.15, 0.2) is 34.1 Å². The topological polar surface area (TPSA) is 35.5 Å². The van der Waals surface area contributed by atoms with Crippen molar-refractivity contribution in [2.24, 2.45) is 0 Å². The monoisotopic (exact) mass is 340 g/mol. The molecule has 100 valence electrons. The van der Waals surface area contributed by atoms with Crippen LogP contribution in [0.2, 0.25) is 0 Å². The second kappa shape index (κ2) is 6.21. The van der Waals surface area contributed by atoms with Gasteiger partial charge in [-0.2, -0.15) is 0 Å². The molecular weight excluding hydrogens is 328 g/mol. The van der Waals surface area contributed by atoms with E-state index in [0.717, 1.165) is 8.66 Å². The van der Waals surface area contributed by atoms with Gasteiger partial charge in [-0.3, -0.25) is 4.79 Å². The van der Waals surface area contributed by atoms with Gasteiger partial charge in [0.05, 0.1) is 23.6 Å². The first-order chi connectivity index (χ1) is 9.13. The average molecular weight is 341 g/mol. The molecule has 0 bridgehead atoms. The number of benzene rings is 1. The van der Waals surface area contributed by atoms with Crippen LogP contribution in [-0.2, 0) is 6.42 Å². The maximum Gasteiger partial charge on any atom is 0.171 e. The number of hydrogen-bond acceptors (Lipinski definition) is 4. The molecule has 0 radical (unpaired) electrons. The highest BCUT2D eigenvalue weighted by molar-refractivity contribution is 9.11. The first-order valence-corrected chi connectivity index (χ1v) is 7.24. The van der Waals surface area contributed by atoms with Crippen molar-refractivity contribution in [3.05, 3.63) is 44.6 Å². The molecule has 5 heteroatoms. The maximum absolute atomic E-state index is 12.3. The molecule has 2 aromatic rings. The summed E-state index contributed by atoms with van der Waals surface area (Å²) >= 11 is 4.95. The third-order valence-electron chi connectivity index (χ3n) is 2.67. The van der Waals surface area contributed by atoms with Crippen molar-refractivity contribution < 1.29 is 14.3 Å². The molecule has 0 aliphatic carbocycles. The molecule has 0 unspecified atom stereocenters. The van der Waals surface area contributed by atoms with E-state index in [4.69, 9.17) is 9.47 Å². The number of ether oxygens (including phenoxy) is 2. The Labute approximate surface area is 124 Å². The number of carbonyl (C=O) groups excluding carboxylic acids is 1. The Morgan fingerprint density at radius 3 is 2.58 bits per heavy atom. The fourth-order valence-corrected chi connectivity index (χ4v) is 3.21. The summed E-state index contributed by atoms with van der Waals surface area (Å²) in [6.07, 6.45) is 0.361. The highest BCUT2D eigenvalue weighted by Gasteiger charge is 2.15. The molecule has 0 aliphatic heterocycles. The van der Waals surface area contributed by atoms with Crippen molar-refractivity contribution >= 4 is 33.0 Å². The Morgan fingerprint density at radius 2 is 2.00 bits per heavy atom. The molecule has 3 nitrogen and oxygen atoms in total. The Bertz CT molecular complexity index is 592. The van der Waals surface area contributed by atoms with E-state index in [2.05, 4.69) is 15.9 Å². The van der Waals surface area contributed by atoms with Crippen molar-refractivity contribution in [3.8, 4) is 11.5 Å². The number of Topliss-reactive ketones (excluding diaryl/α,β-unsaturated/α-hetero) is 1. The van der Waals surface area contributed by atoms with Gasteiger partial charge in [0, 0.05) is 11.3 Å². The number of ketones is 1. The molecule has 1 aromatic carbocycles. The highest BCUT2D eigenvalue weighted by Crippen LogP contribution is 2.27. The minimum Gasteiger partial charge on any atom is -0.497 e. The van der Waals surface area contributed by atoms with Crippen LogP contribution in [0.3, 0.4) is 0 Å². The van der Waals surface area contributed by atoms with Crippen molar-refractivity contribution in [1.82, 2.24) is 0 Å². The molecule has 0 N–H and O–H groups in total. The first-order valence-electron chi connectivity index (χ1n) is 5.63. The number of halogens is 1. The minimum absolute atomic E-state index is 0.0186. The van der Waals surface area contributed by atoms with Crippen LogP contribution in [0.25, 0.3) is 0 Å². The van der Waals surface area contributed by atoms with E-state index in [1.807, 2.05) is 12.1 Å². The van der Waals surface area contributed by atoms with Gasteiger partial charge in [-0.15, -0.1) is 11.3 Å². The second-order valence-corrected chi connectivity index (χ2v) is 6.42. The molecule has 0 saturated heterocycles. The van der Waals surface area contributed by atoms with Gasteiger partial charge in [0.1, 0.15) is 11.5 Å². The van der Waals surface area contributed by atoms with E-state index in [0.29, 0.717) is 23.5 Å². The third kappa shape index (κ3) is 3.36. The zero-order chi connectivity index (χ0) is 13.8. The van der Waals surface area contributed by atoms with Crippen molar-refractivity contribution in [3.63, 3.8) is 0 Å². The molecular formula is C14H13BrO3S. The van der Waals surface area contributed by atoms with E-state index >= 15 is 0 Å². The number of methoxy groups -OCH3 is 2. The Balaban J connectivity index is 2.26. The molecule has 0 amide bonds. The predicted molar refractivity (Wildman–Crippen MR) is 79.6 cm³/mol. The van der Waals surface area contributed by atoms with Gasteiger partial charge >= 0.3 is 0 Å². The second-order valence-electron chi connectivity index (χ2n) is 3.87. The van der Waals surface area contributed by atoms with Gasteiger partial charge < -0.3 is 9.47 Å². The van der Waals surface area contributed by atoms with Crippen LogP contribution in [0, 0.1) is 0 Å². The molecule has 2 rings (SSSR count). The molecule has 1 aromatic heterocycles. The largest absolute Gasteiger partial charge is 0.497 e. The number of rotatable bonds is 5. The quantitative estimate of drug-likeness (QED) is 0.773. The van der Waals surface area contributed by atoms with Crippen LogP contribution in [0.4, 0.5) is 0 Å². The van der Waals surface area contributed by atoms with Crippen molar-refractivity contribution in [2.45, 2.75) is 6.42 Å². The van der Waals surface area contributed by atoms with Crippen LogP contribution in [0.1, 0.15) is 15.2 Å². The number of thiophene rings is 1. The Morgan fingerprint density at radius 1 is 1.21 bits per heavy atom. The summed E-state index contributed by atoms with van der Waals surface area (Å²) in [6, 6.07) is 9.12. The summed E-state index contributed by atoms with van der Waals surface area (Å²) in [7, 11) is 3.13. The molecule has 0 fully saturated rings. The lowest BCUT2D eigenvalue weighted by atomic mass is 10.1. The van der Waals surface area contributed by atoms with E-state index in [9.17, 15) is 4.79 Å². The molecule has 1 heterocycles. The molecule has 0 spiro atoms. The highest BCUT2D eigenvalue weighted by atomic mass is 79.9. The van der Waals surface area contributed by atoms with Gasteiger partial charge in [0.25, 0.3) is 0 Å². The molecule has 0 saturated carbocycles. The summed E-state index contributed by atoms with van der Waals surface area (Å²) in [5.41, 5.74) is 0.548. The smallest absolute Gasteiger partial charge is 0.171 e. The van der Waals surface area contributed by atoms with Crippen molar-refractivity contribution in [1.29, 1.82) is 0 Å². The molecule has 19 heavy (non-hydrogen) atoms.